The van der Waals surface area contributed by atoms with E-state index in [0.29, 0.717) is 0 Å². The molecular formula is C17H25N3. The summed E-state index contributed by atoms with van der Waals surface area (Å²) in [6.07, 6.45) is 7.82. The Bertz CT molecular complexity index is 467. The second-order valence-electron chi connectivity index (χ2n) is 5.69. The highest BCUT2D eigenvalue weighted by Gasteiger charge is 2.22. The fourth-order valence-electron chi connectivity index (χ4n) is 1.78. The van der Waals surface area contributed by atoms with E-state index in [1.54, 1.807) is 0 Å². The lowest BCUT2D eigenvalue weighted by Gasteiger charge is -2.35. The molecule has 20 heavy (non-hydrogen) atoms. The van der Waals surface area contributed by atoms with Crippen LogP contribution >= 0.6 is 0 Å². The Balaban J connectivity index is 2.88. The van der Waals surface area contributed by atoms with Crippen molar-refractivity contribution >= 4 is 6.72 Å². The van der Waals surface area contributed by atoms with Crippen LogP contribution in [0.4, 0.5) is 0 Å². The van der Waals surface area contributed by atoms with Gasteiger partial charge in [-0.3, -0.25) is 14.9 Å². The van der Waals surface area contributed by atoms with Crippen molar-refractivity contribution in [1.82, 2.24) is 9.88 Å². The maximum Gasteiger partial charge on any atom is 0.0544 e. The van der Waals surface area contributed by atoms with Crippen molar-refractivity contribution in [1.29, 1.82) is 0 Å². The molecule has 0 unspecified atom stereocenters. The number of aliphatic imine (C=N–C) groups is 1. The molecule has 1 heterocycles. The smallest absolute Gasteiger partial charge is 0.0544 e. The van der Waals surface area contributed by atoms with Gasteiger partial charge in [0, 0.05) is 24.8 Å². The topological polar surface area (TPSA) is 28.5 Å². The van der Waals surface area contributed by atoms with Gasteiger partial charge >= 0.3 is 0 Å². The first kappa shape index (κ1) is 16.3. The molecule has 3 nitrogen and oxygen atoms in total. The van der Waals surface area contributed by atoms with Crippen LogP contribution in [0, 0.1) is 0 Å². The van der Waals surface area contributed by atoms with E-state index in [9.17, 15) is 0 Å². The van der Waals surface area contributed by atoms with Crippen LogP contribution in [0.1, 0.15) is 33.4 Å². The summed E-state index contributed by atoms with van der Waals surface area (Å²) in [6.45, 7) is 13.8. The van der Waals surface area contributed by atoms with Gasteiger partial charge in [0.05, 0.1) is 11.4 Å². The van der Waals surface area contributed by atoms with Crippen LogP contribution in [0.25, 0.3) is 0 Å². The standard InChI is InChI=1S/C17H25N3/c1-6-7-10-15(18-5)13-20(17(2,3)4)14-16-11-8-9-12-19-16/h6-12H,5,13-14H2,1-4H3/b7-6-,15-10-. The van der Waals surface area contributed by atoms with Crippen molar-refractivity contribution in [3.63, 3.8) is 0 Å². The van der Waals surface area contributed by atoms with Gasteiger partial charge < -0.3 is 0 Å². The van der Waals surface area contributed by atoms with E-state index in [1.165, 1.54) is 0 Å². The molecule has 0 saturated carbocycles. The molecule has 0 radical (unpaired) electrons. The van der Waals surface area contributed by atoms with Crippen LogP contribution < -0.4 is 0 Å². The maximum atomic E-state index is 4.41. The fourth-order valence-corrected chi connectivity index (χ4v) is 1.78. The Morgan fingerprint density at radius 3 is 2.65 bits per heavy atom. The minimum Gasteiger partial charge on any atom is -0.287 e. The summed E-state index contributed by atoms with van der Waals surface area (Å²) in [6, 6.07) is 6.01. The summed E-state index contributed by atoms with van der Waals surface area (Å²) in [5, 5.41) is 0. The van der Waals surface area contributed by atoms with Crippen LogP contribution in [-0.4, -0.2) is 28.7 Å². The third-order valence-corrected chi connectivity index (χ3v) is 3.06. The van der Waals surface area contributed by atoms with E-state index >= 15 is 0 Å². The van der Waals surface area contributed by atoms with Gasteiger partial charge in [0.25, 0.3) is 0 Å². The van der Waals surface area contributed by atoms with Crippen molar-refractivity contribution in [2.45, 2.75) is 39.8 Å². The highest BCUT2D eigenvalue weighted by atomic mass is 15.2. The third-order valence-electron chi connectivity index (χ3n) is 3.06. The van der Waals surface area contributed by atoms with Crippen molar-refractivity contribution < 1.29 is 0 Å². The second-order valence-corrected chi connectivity index (χ2v) is 5.69. The number of pyridine rings is 1. The van der Waals surface area contributed by atoms with E-state index in [2.05, 4.69) is 48.4 Å². The molecule has 0 saturated heterocycles. The van der Waals surface area contributed by atoms with Crippen LogP contribution in [0.5, 0.6) is 0 Å². The molecular weight excluding hydrogens is 246 g/mol. The van der Waals surface area contributed by atoms with E-state index in [4.69, 9.17) is 0 Å². The predicted octanol–water partition coefficient (Wildman–Crippen LogP) is 3.84. The van der Waals surface area contributed by atoms with Gasteiger partial charge in [-0.25, -0.2) is 0 Å². The highest BCUT2D eigenvalue weighted by molar-refractivity contribution is 5.31. The molecule has 0 bridgehead atoms. The minimum atomic E-state index is 0.0389. The molecule has 1 rings (SSSR count). The van der Waals surface area contributed by atoms with Crippen LogP contribution in [0.3, 0.4) is 0 Å². The summed E-state index contributed by atoms with van der Waals surface area (Å²) in [5.41, 5.74) is 2.07. The molecule has 0 aliphatic heterocycles. The van der Waals surface area contributed by atoms with E-state index in [1.807, 2.05) is 43.5 Å². The number of aromatic nitrogens is 1. The number of hydrogen-bond donors (Lipinski definition) is 0. The molecule has 0 aliphatic carbocycles. The largest absolute Gasteiger partial charge is 0.287 e. The highest BCUT2D eigenvalue weighted by Crippen LogP contribution is 2.18. The molecule has 0 atom stereocenters. The van der Waals surface area contributed by atoms with Gasteiger partial charge in [-0.1, -0.05) is 18.2 Å². The fraction of sp³-hybridized carbons (Fsp3) is 0.412. The number of rotatable bonds is 6. The zero-order valence-corrected chi connectivity index (χ0v) is 13.0. The molecule has 0 amide bonds. The molecule has 0 aliphatic rings. The summed E-state index contributed by atoms with van der Waals surface area (Å²) >= 11 is 0. The van der Waals surface area contributed by atoms with E-state index < -0.39 is 0 Å². The average Bonchev–Trinajstić information content (AvgIpc) is 2.42. The lowest BCUT2D eigenvalue weighted by atomic mass is 10.0. The van der Waals surface area contributed by atoms with Gasteiger partial charge in [0.1, 0.15) is 0 Å². The second kappa shape index (κ2) is 7.75. The zero-order valence-electron chi connectivity index (χ0n) is 13.0. The van der Waals surface area contributed by atoms with Crippen LogP contribution in [0.2, 0.25) is 0 Å². The summed E-state index contributed by atoms with van der Waals surface area (Å²) in [7, 11) is 0. The molecule has 3 heteroatoms. The minimum absolute atomic E-state index is 0.0389. The predicted molar refractivity (Wildman–Crippen MR) is 86.8 cm³/mol. The first-order chi connectivity index (χ1) is 9.47. The van der Waals surface area contributed by atoms with Gasteiger partial charge in [-0.15, -0.1) is 0 Å². The van der Waals surface area contributed by atoms with E-state index in [0.717, 1.165) is 24.5 Å². The monoisotopic (exact) mass is 271 g/mol. The Labute approximate surface area is 122 Å². The van der Waals surface area contributed by atoms with Crippen molar-refractivity contribution in [2.75, 3.05) is 6.54 Å². The summed E-state index contributed by atoms with van der Waals surface area (Å²) in [4.78, 5) is 10.9. The zero-order chi connectivity index (χ0) is 15.0. The molecule has 108 valence electrons. The molecule has 1 aromatic rings. The molecule has 0 spiro atoms. The van der Waals surface area contributed by atoms with Crippen molar-refractivity contribution in [3.8, 4) is 0 Å². The first-order valence-corrected chi connectivity index (χ1v) is 6.91. The Kier molecular flexibility index (Phi) is 6.32. The number of nitrogens with zero attached hydrogens (tertiary/aromatic N) is 3. The Morgan fingerprint density at radius 1 is 1.40 bits per heavy atom. The quantitative estimate of drug-likeness (QED) is 0.581. The lowest BCUT2D eigenvalue weighted by molar-refractivity contribution is 0.139. The molecule has 1 aromatic heterocycles. The SMILES string of the molecule is C=N/C(=C\C=C/C)CN(Cc1ccccn1)C(C)(C)C. The Hall–Kier alpha value is -1.74. The van der Waals surface area contributed by atoms with Crippen LogP contribution in [0.15, 0.2) is 53.3 Å². The van der Waals surface area contributed by atoms with Gasteiger partial charge in [0.15, 0.2) is 0 Å². The summed E-state index contributed by atoms with van der Waals surface area (Å²) < 4.78 is 0. The summed E-state index contributed by atoms with van der Waals surface area (Å²) in [5.74, 6) is 0. The van der Waals surface area contributed by atoms with Gasteiger partial charge in [-0.2, -0.15) is 0 Å². The average molecular weight is 271 g/mol. The number of hydrogen-bond acceptors (Lipinski definition) is 3. The van der Waals surface area contributed by atoms with Gasteiger partial charge in [0.2, 0.25) is 0 Å². The number of allylic oxidation sites excluding steroid dienone is 3. The lowest BCUT2D eigenvalue weighted by Crippen LogP contribution is -2.42. The normalized spacial score (nSPS) is 13.2. The molecule has 0 fully saturated rings. The molecule has 0 aromatic carbocycles. The van der Waals surface area contributed by atoms with Crippen LogP contribution in [-0.2, 0) is 6.54 Å². The Morgan fingerprint density at radius 2 is 2.15 bits per heavy atom. The van der Waals surface area contributed by atoms with E-state index in [-0.39, 0.29) is 5.54 Å². The van der Waals surface area contributed by atoms with Gasteiger partial charge in [-0.05, 0) is 52.6 Å². The third kappa shape index (κ3) is 5.49. The van der Waals surface area contributed by atoms with Crippen molar-refractivity contribution in [3.05, 3.63) is 54.0 Å². The maximum absolute atomic E-state index is 4.41. The van der Waals surface area contributed by atoms with Crippen molar-refractivity contribution in [2.24, 2.45) is 4.99 Å². The first-order valence-electron chi connectivity index (χ1n) is 6.91. The molecule has 0 N–H and O–H groups in total.